The third-order valence-electron chi connectivity index (χ3n) is 2.95. The van der Waals surface area contributed by atoms with Gasteiger partial charge in [0.25, 0.3) is 0 Å². The van der Waals surface area contributed by atoms with Crippen molar-refractivity contribution >= 4 is 5.78 Å². The van der Waals surface area contributed by atoms with Crippen LogP contribution in [-0.4, -0.2) is 15.8 Å². The van der Waals surface area contributed by atoms with E-state index >= 15 is 0 Å². The minimum absolute atomic E-state index is 0.104. The lowest BCUT2D eigenvalue weighted by molar-refractivity contribution is 0.0991. The molecule has 0 radical (unpaired) electrons. The SMILES string of the molecule is CCCc1nc(CC(=O)c2ccccc2)[nH]c1C. The van der Waals surface area contributed by atoms with Gasteiger partial charge >= 0.3 is 0 Å². The van der Waals surface area contributed by atoms with Gasteiger partial charge in [0.15, 0.2) is 5.78 Å². The molecular formula is C15H18N2O. The fraction of sp³-hybridized carbons (Fsp3) is 0.333. The Morgan fingerprint density at radius 2 is 2.00 bits per heavy atom. The number of aromatic amines is 1. The smallest absolute Gasteiger partial charge is 0.170 e. The maximum atomic E-state index is 12.0. The first-order valence-corrected chi connectivity index (χ1v) is 6.33. The topological polar surface area (TPSA) is 45.8 Å². The van der Waals surface area contributed by atoms with Crippen LogP contribution in [0.5, 0.6) is 0 Å². The molecule has 3 heteroatoms. The molecular weight excluding hydrogens is 224 g/mol. The molecule has 1 heterocycles. The predicted molar refractivity (Wildman–Crippen MR) is 71.8 cm³/mol. The summed E-state index contributed by atoms with van der Waals surface area (Å²) in [5, 5.41) is 0. The molecule has 0 atom stereocenters. The van der Waals surface area contributed by atoms with Crippen molar-refractivity contribution in [1.29, 1.82) is 0 Å². The molecule has 18 heavy (non-hydrogen) atoms. The first-order chi connectivity index (χ1) is 8.70. The van der Waals surface area contributed by atoms with E-state index in [1.54, 1.807) is 0 Å². The van der Waals surface area contributed by atoms with Crippen LogP contribution in [0.1, 0.15) is 40.9 Å². The van der Waals surface area contributed by atoms with E-state index in [1.807, 2.05) is 37.3 Å². The molecule has 0 fully saturated rings. The van der Waals surface area contributed by atoms with Crippen molar-refractivity contribution in [3.63, 3.8) is 0 Å². The zero-order valence-electron chi connectivity index (χ0n) is 10.9. The minimum atomic E-state index is 0.104. The highest BCUT2D eigenvalue weighted by atomic mass is 16.1. The Hall–Kier alpha value is -1.90. The van der Waals surface area contributed by atoms with Crippen molar-refractivity contribution in [1.82, 2.24) is 9.97 Å². The Bertz CT molecular complexity index is 529. The zero-order chi connectivity index (χ0) is 13.0. The number of carbonyl (C=O) groups excluding carboxylic acids is 1. The van der Waals surface area contributed by atoms with Gasteiger partial charge in [-0.1, -0.05) is 43.7 Å². The van der Waals surface area contributed by atoms with Crippen LogP contribution in [0, 0.1) is 6.92 Å². The summed E-state index contributed by atoms with van der Waals surface area (Å²) in [7, 11) is 0. The highest BCUT2D eigenvalue weighted by Crippen LogP contribution is 2.10. The lowest BCUT2D eigenvalue weighted by Crippen LogP contribution is -2.04. The normalized spacial score (nSPS) is 10.6. The number of benzene rings is 1. The van der Waals surface area contributed by atoms with E-state index in [4.69, 9.17) is 0 Å². The molecule has 3 nitrogen and oxygen atoms in total. The molecule has 0 aliphatic rings. The van der Waals surface area contributed by atoms with Crippen molar-refractivity contribution in [2.75, 3.05) is 0 Å². The summed E-state index contributed by atoms with van der Waals surface area (Å²) in [5.74, 6) is 0.872. The predicted octanol–water partition coefficient (Wildman–Crippen LogP) is 3.10. The highest BCUT2D eigenvalue weighted by Gasteiger charge is 2.11. The number of aryl methyl sites for hydroxylation is 2. The van der Waals surface area contributed by atoms with Crippen LogP contribution in [0.4, 0.5) is 0 Å². The Balaban J connectivity index is 2.10. The Morgan fingerprint density at radius 3 is 2.67 bits per heavy atom. The fourth-order valence-electron chi connectivity index (χ4n) is 2.01. The maximum absolute atomic E-state index is 12.0. The van der Waals surface area contributed by atoms with E-state index in [-0.39, 0.29) is 5.78 Å². The van der Waals surface area contributed by atoms with Crippen LogP contribution in [0.15, 0.2) is 30.3 Å². The van der Waals surface area contributed by atoms with Gasteiger partial charge in [0, 0.05) is 11.3 Å². The number of imidazole rings is 1. The number of aromatic nitrogens is 2. The van der Waals surface area contributed by atoms with Crippen LogP contribution in [0.3, 0.4) is 0 Å². The number of hydrogen-bond donors (Lipinski definition) is 1. The van der Waals surface area contributed by atoms with Crippen LogP contribution in [-0.2, 0) is 12.8 Å². The van der Waals surface area contributed by atoms with Gasteiger partial charge in [-0.15, -0.1) is 0 Å². The monoisotopic (exact) mass is 242 g/mol. The van der Waals surface area contributed by atoms with Crippen LogP contribution >= 0.6 is 0 Å². The second-order valence-electron chi connectivity index (χ2n) is 4.47. The van der Waals surface area contributed by atoms with Gasteiger partial charge in [0.05, 0.1) is 12.1 Å². The molecule has 0 aliphatic carbocycles. The Morgan fingerprint density at radius 1 is 1.28 bits per heavy atom. The molecule has 94 valence electrons. The maximum Gasteiger partial charge on any atom is 0.170 e. The number of carbonyl (C=O) groups is 1. The third kappa shape index (κ3) is 2.86. The summed E-state index contributed by atoms with van der Waals surface area (Å²) in [4.78, 5) is 19.7. The molecule has 2 rings (SSSR count). The second kappa shape index (κ2) is 5.63. The summed E-state index contributed by atoms with van der Waals surface area (Å²) in [6.07, 6.45) is 2.37. The van der Waals surface area contributed by atoms with Gasteiger partial charge in [0.1, 0.15) is 5.82 Å². The molecule has 0 aliphatic heterocycles. The van der Waals surface area contributed by atoms with Crippen LogP contribution in [0.25, 0.3) is 0 Å². The number of ketones is 1. The zero-order valence-corrected chi connectivity index (χ0v) is 10.9. The summed E-state index contributed by atoms with van der Waals surface area (Å²) in [6.45, 7) is 4.14. The molecule has 0 amide bonds. The molecule has 0 saturated carbocycles. The van der Waals surface area contributed by atoms with E-state index in [1.165, 1.54) is 0 Å². The summed E-state index contributed by atoms with van der Waals surface area (Å²) in [5.41, 5.74) is 2.89. The van der Waals surface area contributed by atoms with E-state index in [2.05, 4.69) is 16.9 Å². The Labute approximate surface area is 107 Å². The number of nitrogens with zero attached hydrogens (tertiary/aromatic N) is 1. The summed E-state index contributed by atoms with van der Waals surface area (Å²) in [6, 6.07) is 9.34. The van der Waals surface area contributed by atoms with E-state index < -0.39 is 0 Å². The van der Waals surface area contributed by atoms with Gasteiger partial charge < -0.3 is 4.98 Å². The molecule has 0 spiro atoms. The lowest BCUT2D eigenvalue weighted by atomic mass is 10.1. The standard InChI is InChI=1S/C15H18N2O/c1-3-7-13-11(2)16-15(17-13)10-14(18)12-8-5-4-6-9-12/h4-6,8-9H,3,7,10H2,1-2H3,(H,16,17). The van der Waals surface area contributed by atoms with Crippen LogP contribution < -0.4 is 0 Å². The van der Waals surface area contributed by atoms with E-state index in [9.17, 15) is 4.79 Å². The van der Waals surface area contributed by atoms with Crippen molar-refractivity contribution in [2.24, 2.45) is 0 Å². The Kier molecular flexibility index (Phi) is 3.92. The molecule has 1 N–H and O–H groups in total. The van der Waals surface area contributed by atoms with Gasteiger partial charge in [-0.25, -0.2) is 4.98 Å². The number of rotatable bonds is 5. The number of H-pyrrole nitrogens is 1. The van der Waals surface area contributed by atoms with Gasteiger partial charge in [-0.3, -0.25) is 4.79 Å². The molecule has 0 bridgehead atoms. The quantitative estimate of drug-likeness (QED) is 0.819. The van der Waals surface area contributed by atoms with Crippen molar-refractivity contribution in [2.45, 2.75) is 33.1 Å². The minimum Gasteiger partial charge on any atom is -0.345 e. The number of nitrogens with one attached hydrogen (secondary N) is 1. The molecule has 0 unspecified atom stereocenters. The van der Waals surface area contributed by atoms with Crippen molar-refractivity contribution in [3.05, 3.63) is 53.1 Å². The largest absolute Gasteiger partial charge is 0.345 e. The number of Topliss-reactive ketones (excluding diaryl/α,β-unsaturated/α-hetero) is 1. The third-order valence-corrected chi connectivity index (χ3v) is 2.95. The van der Waals surface area contributed by atoms with Gasteiger partial charge in [0.2, 0.25) is 0 Å². The molecule has 1 aromatic carbocycles. The van der Waals surface area contributed by atoms with E-state index in [0.29, 0.717) is 6.42 Å². The second-order valence-corrected chi connectivity index (χ2v) is 4.47. The lowest BCUT2D eigenvalue weighted by Gasteiger charge is -1.97. The first kappa shape index (κ1) is 12.6. The van der Waals surface area contributed by atoms with Gasteiger partial charge in [-0.05, 0) is 13.3 Å². The van der Waals surface area contributed by atoms with Crippen LogP contribution in [0.2, 0.25) is 0 Å². The summed E-state index contributed by atoms with van der Waals surface area (Å²) >= 11 is 0. The van der Waals surface area contributed by atoms with Crippen molar-refractivity contribution in [3.8, 4) is 0 Å². The molecule has 2 aromatic rings. The highest BCUT2D eigenvalue weighted by molar-refractivity contribution is 5.97. The average Bonchev–Trinajstić information content (AvgIpc) is 2.71. The van der Waals surface area contributed by atoms with E-state index in [0.717, 1.165) is 35.6 Å². The first-order valence-electron chi connectivity index (χ1n) is 6.33. The number of hydrogen-bond acceptors (Lipinski definition) is 2. The molecule has 0 saturated heterocycles. The fourth-order valence-corrected chi connectivity index (χ4v) is 2.01. The summed E-state index contributed by atoms with van der Waals surface area (Å²) < 4.78 is 0. The average molecular weight is 242 g/mol. The molecule has 1 aromatic heterocycles. The van der Waals surface area contributed by atoms with Crippen molar-refractivity contribution < 1.29 is 4.79 Å². The van der Waals surface area contributed by atoms with Gasteiger partial charge in [-0.2, -0.15) is 0 Å².